The van der Waals surface area contributed by atoms with Crippen LogP contribution in [0.4, 0.5) is 0 Å². The van der Waals surface area contributed by atoms with Crippen molar-refractivity contribution in [1.82, 2.24) is 13.7 Å². The minimum absolute atomic E-state index is 0.0748. The number of para-hydroxylation sites is 6. The summed E-state index contributed by atoms with van der Waals surface area (Å²) in [5.41, 5.74) is 15.5. The fourth-order valence-electron chi connectivity index (χ4n) is 14.0. The molecule has 0 amide bonds. The van der Waals surface area contributed by atoms with Crippen LogP contribution in [0.25, 0.3) is 145 Å². The molecule has 0 atom stereocenters. The maximum absolute atomic E-state index is 14.0. The van der Waals surface area contributed by atoms with E-state index in [4.69, 9.17) is 9.31 Å². The molecule has 0 aliphatic carbocycles. The largest absolute Gasteiger partial charge is 0.494 e. The van der Waals surface area contributed by atoms with Gasteiger partial charge in [0.25, 0.3) is 0 Å². The van der Waals surface area contributed by atoms with Gasteiger partial charge in [0, 0.05) is 98.7 Å². The Bertz CT molecular complexity index is 6170. The van der Waals surface area contributed by atoms with E-state index in [-0.39, 0.29) is 29.2 Å². The summed E-state index contributed by atoms with van der Waals surface area (Å²) in [6.45, 7) is 8.33. The Hall–Kier alpha value is -10.0. The Morgan fingerprint density at radius 1 is 0.296 bits per heavy atom. The molecule has 0 bridgehead atoms. The first-order valence-corrected chi connectivity index (χ1v) is 35.9. The Labute approximate surface area is 590 Å². The van der Waals surface area contributed by atoms with E-state index in [0.29, 0.717) is 0 Å². The quantitative estimate of drug-likeness (QED) is 0.123. The molecular formula is C86H60BBr2N3O4S2. The van der Waals surface area contributed by atoms with Crippen molar-refractivity contribution in [3.8, 4) is 39.3 Å². The molecule has 7 nitrogen and oxygen atoms in total. The Balaban J connectivity index is 0.000000132. The van der Waals surface area contributed by atoms with Crippen molar-refractivity contribution in [2.24, 2.45) is 0 Å². The maximum Gasteiger partial charge on any atom is 0.494 e. The van der Waals surface area contributed by atoms with Crippen molar-refractivity contribution in [3.05, 3.63) is 321 Å². The van der Waals surface area contributed by atoms with Crippen LogP contribution in [0.15, 0.2) is 310 Å². The van der Waals surface area contributed by atoms with Crippen LogP contribution < -0.4 is 16.3 Å². The van der Waals surface area contributed by atoms with Gasteiger partial charge in [0.15, 0.2) is 10.9 Å². The van der Waals surface area contributed by atoms with E-state index in [1.165, 1.54) is 65.4 Å². The SMILES string of the molecule is CC1(C)OB(c2ccc(-n3c4ccccc4c4ccccc43)cc2)OC1(C)C.O=c1c2ccc(-c3ccc(-n4c5ccccc5c5ccccc54)cc3)cc2sc2ccc(-c3ccc(-n4c5ccccc5c5ccccc54)cc3)cc12.O=c1c2ccc(Br)cc2sc2ccc(Br)cc12. The molecule has 0 unspecified atom stereocenters. The molecule has 0 N–H and O–H groups in total. The lowest BCUT2D eigenvalue weighted by Crippen LogP contribution is -2.41. The summed E-state index contributed by atoms with van der Waals surface area (Å²) in [6.07, 6.45) is 0. The highest BCUT2D eigenvalue weighted by Crippen LogP contribution is 2.40. The van der Waals surface area contributed by atoms with Crippen LogP contribution in [0.3, 0.4) is 0 Å². The smallest absolute Gasteiger partial charge is 0.399 e. The molecule has 19 rings (SSSR count). The summed E-state index contributed by atoms with van der Waals surface area (Å²) in [6, 6.07) is 101. The highest BCUT2D eigenvalue weighted by molar-refractivity contribution is 9.10. The van der Waals surface area contributed by atoms with E-state index in [9.17, 15) is 9.59 Å². The molecule has 18 aromatic rings. The third kappa shape index (κ3) is 10.7. The molecule has 1 fully saturated rings. The summed E-state index contributed by atoms with van der Waals surface area (Å²) in [5, 5.41) is 10.6. The number of rotatable bonds is 6. The zero-order valence-electron chi connectivity index (χ0n) is 53.8. The summed E-state index contributed by atoms with van der Waals surface area (Å²) in [5.74, 6) is 0. The average molecular weight is 1430 g/mol. The van der Waals surface area contributed by atoms with Crippen LogP contribution in [0.2, 0.25) is 0 Å². The number of halogens is 2. The number of hydrogen-bond acceptors (Lipinski definition) is 6. The first kappa shape index (κ1) is 61.6. The molecule has 6 heterocycles. The fourth-order valence-corrected chi connectivity index (χ4v) is 17.0. The summed E-state index contributed by atoms with van der Waals surface area (Å²) in [7, 11) is -0.336. The lowest BCUT2D eigenvalue weighted by molar-refractivity contribution is 0.00578. The summed E-state index contributed by atoms with van der Waals surface area (Å²) < 4.78 is 25.3. The van der Waals surface area contributed by atoms with Crippen molar-refractivity contribution in [1.29, 1.82) is 0 Å². The average Bonchev–Trinajstić information content (AvgIpc) is 1.42. The van der Waals surface area contributed by atoms with Crippen molar-refractivity contribution >= 4 is 173 Å². The van der Waals surface area contributed by atoms with Gasteiger partial charge in [-0.1, -0.05) is 190 Å². The van der Waals surface area contributed by atoms with E-state index >= 15 is 0 Å². The zero-order valence-corrected chi connectivity index (χ0v) is 58.6. The summed E-state index contributed by atoms with van der Waals surface area (Å²) in [4.78, 5) is 26.3. The second kappa shape index (κ2) is 24.5. The van der Waals surface area contributed by atoms with E-state index in [2.05, 4.69) is 322 Å². The Morgan fingerprint density at radius 2 is 0.602 bits per heavy atom. The van der Waals surface area contributed by atoms with Crippen LogP contribution in [0.5, 0.6) is 0 Å². The van der Waals surface area contributed by atoms with Crippen molar-refractivity contribution in [2.45, 2.75) is 38.9 Å². The van der Waals surface area contributed by atoms with Gasteiger partial charge < -0.3 is 23.0 Å². The fraction of sp³-hybridized carbons (Fsp3) is 0.0698. The molecule has 98 heavy (non-hydrogen) atoms. The van der Waals surface area contributed by atoms with Crippen LogP contribution in [-0.4, -0.2) is 32.0 Å². The number of hydrogen-bond donors (Lipinski definition) is 0. The molecule has 5 aromatic heterocycles. The monoisotopic (exact) mass is 1430 g/mol. The van der Waals surface area contributed by atoms with Crippen molar-refractivity contribution in [3.63, 3.8) is 0 Å². The third-order valence-corrected chi connectivity index (χ3v) is 22.9. The van der Waals surface area contributed by atoms with E-state index in [1.54, 1.807) is 22.7 Å². The molecule has 0 radical (unpaired) electrons. The van der Waals surface area contributed by atoms with Crippen molar-refractivity contribution < 1.29 is 9.31 Å². The van der Waals surface area contributed by atoms with Gasteiger partial charge in [-0.2, -0.15) is 0 Å². The van der Waals surface area contributed by atoms with Crippen LogP contribution in [-0.2, 0) is 9.31 Å². The number of fused-ring (bicyclic) bond motifs is 13. The first-order chi connectivity index (χ1) is 47.7. The molecule has 1 aliphatic rings. The van der Waals surface area contributed by atoms with Crippen LogP contribution in [0, 0.1) is 0 Å². The van der Waals surface area contributed by atoms with Gasteiger partial charge in [-0.05, 0) is 189 Å². The van der Waals surface area contributed by atoms with Crippen molar-refractivity contribution in [2.75, 3.05) is 0 Å². The zero-order chi connectivity index (χ0) is 66.6. The Morgan fingerprint density at radius 3 is 1.02 bits per heavy atom. The molecule has 0 spiro atoms. The second-order valence-corrected chi connectivity index (χ2v) is 29.9. The second-order valence-electron chi connectivity index (χ2n) is 25.9. The van der Waals surface area contributed by atoms with Gasteiger partial charge in [0.2, 0.25) is 0 Å². The number of aromatic nitrogens is 3. The highest BCUT2D eigenvalue weighted by Gasteiger charge is 2.51. The van der Waals surface area contributed by atoms with Crippen LogP contribution in [0.1, 0.15) is 27.7 Å². The molecule has 13 aromatic carbocycles. The molecule has 0 saturated carbocycles. The van der Waals surface area contributed by atoms with E-state index in [1.807, 2.05) is 42.5 Å². The topological polar surface area (TPSA) is 67.4 Å². The molecule has 1 aliphatic heterocycles. The minimum Gasteiger partial charge on any atom is -0.399 e. The highest BCUT2D eigenvalue weighted by atomic mass is 79.9. The normalized spacial score (nSPS) is 13.6. The van der Waals surface area contributed by atoms with E-state index < -0.39 is 0 Å². The van der Waals surface area contributed by atoms with Gasteiger partial charge in [0.05, 0.1) is 44.3 Å². The first-order valence-electron chi connectivity index (χ1n) is 32.7. The minimum atomic E-state index is -0.336. The Kier molecular flexibility index (Phi) is 15.4. The maximum atomic E-state index is 14.0. The van der Waals surface area contributed by atoms with E-state index in [0.717, 1.165) is 94.1 Å². The van der Waals surface area contributed by atoms with Gasteiger partial charge in [-0.25, -0.2) is 0 Å². The predicted octanol–water partition coefficient (Wildman–Crippen LogP) is 23.0. The lowest BCUT2D eigenvalue weighted by atomic mass is 9.79. The lowest BCUT2D eigenvalue weighted by Gasteiger charge is -2.32. The van der Waals surface area contributed by atoms with Gasteiger partial charge in [-0.15, -0.1) is 22.7 Å². The molecule has 12 heteroatoms. The van der Waals surface area contributed by atoms with Gasteiger partial charge in [0.1, 0.15) is 0 Å². The third-order valence-electron chi connectivity index (χ3n) is 19.6. The van der Waals surface area contributed by atoms with Gasteiger partial charge >= 0.3 is 7.12 Å². The standard InChI is InChI=1S/C49H30N2OS.C24H24BNO2.C13H6Br2OS/c52-49-41-27-21-34(32-19-25-36(26-20-32)51-45-15-7-3-11-39(45)40-12-4-8-16-46(40)51)30-48(41)53-47-28-22-33(29-42(47)49)31-17-23-35(24-18-31)50-43-13-5-1-9-37(43)38-10-2-6-14-44(38)50;1-23(2)24(3,4)28-25(27-23)17-13-15-18(16-14-17)26-21-11-7-5-9-19(21)20-10-6-8-12-22(20)26;14-7-2-4-11-10(5-7)13(16)9-3-1-8(15)6-12(9)17-11/h1-30H;5-16H,1-4H3;1-6H. The molecule has 472 valence electrons. The molecular weight excluding hydrogens is 1370 g/mol. The number of benzene rings is 13. The summed E-state index contributed by atoms with van der Waals surface area (Å²) >= 11 is 10.1. The predicted molar refractivity (Wildman–Crippen MR) is 423 cm³/mol. The number of nitrogens with zero attached hydrogens (tertiary/aromatic N) is 3. The molecule has 1 saturated heterocycles. The van der Waals surface area contributed by atoms with Crippen LogP contribution >= 0.6 is 54.5 Å². The van der Waals surface area contributed by atoms with Gasteiger partial charge in [-0.3, -0.25) is 9.59 Å².